The summed E-state index contributed by atoms with van der Waals surface area (Å²) in [6, 6.07) is 8.10. The van der Waals surface area contributed by atoms with Crippen LogP contribution in [0.2, 0.25) is 0 Å². The maximum absolute atomic E-state index is 5.89. The Kier molecular flexibility index (Phi) is 5.53. The molecule has 22 heavy (non-hydrogen) atoms. The molecule has 0 aliphatic heterocycles. The monoisotopic (exact) mass is 299 g/mol. The van der Waals surface area contributed by atoms with Gasteiger partial charge in [0.15, 0.2) is 11.5 Å². The molecule has 3 rings (SSSR count). The van der Waals surface area contributed by atoms with Crippen LogP contribution in [0.3, 0.4) is 0 Å². The van der Waals surface area contributed by atoms with Crippen LogP contribution in [-0.2, 0) is 0 Å². The smallest absolute Gasteiger partial charge is 0.198 e. The molecule has 0 spiro atoms. The lowest BCUT2D eigenvalue weighted by Crippen LogP contribution is -1.86. The van der Waals surface area contributed by atoms with Crippen LogP contribution in [0.1, 0.15) is 82.9 Å². The number of aromatic nitrogens is 1. The van der Waals surface area contributed by atoms with Crippen LogP contribution >= 0.6 is 0 Å². The van der Waals surface area contributed by atoms with Crippen molar-refractivity contribution >= 4 is 11.1 Å². The Morgan fingerprint density at radius 1 is 1.00 bits per heavy atom. The molecule has 0 bridgehead atoms. The summed E-state index contributed by atoms with van der Waals surface area (Å²) in [5.41, 5.74) is 1.95. The van der Waals surface area contributed by atoms with E-state index in [9.17, 15) is 0 Å². The molecule has 1 fully saturated rings. The van der Waals surface area contributed by atoms with Gasteiger partial charge in [-0.25, -0.2) is 4.98 Å². The molecule has 1 aliphatic rings. The average Bonchev–Trinajstić information content (AvgIpc) is 3.18. The van der Waals surface area contributed by atoms with E-state index in [0.29, 0.717) is 5.92 Å². The van der Waals surface area contributed by atoms with Crippen molar-refractivity contribution in [2.75, 3.05) is 0 Å². The fourth-order valence-corrected chi connectivity index (χ4v) is 3.46. The number of hydrogen-bond acceptors (Lipinski definition) is 2. The standard InChI is InChI=1S/C20H29NO/c1-2-3-4-5-6-7-8-9-12-16-15-17(16)20-21-18-13-10-11-14-19(18)22-20/h10-11,13-14,16-17H,2-9,12,15H2,1H3/t16-,17-/m0/s1. The van der Waals surface area contributed by atoms with Gasteiger partial charge in [-0.05, 0) is 30.9 Å². The molecule has 2 aromatic rings. The molecule has 2 heteroatoms. The Morgan fingerprint density at radius 3 is 2.50 bits per heavy atom. The van der Waals surface area contributed by atoms with Gasteiger partial charge in [-0.15, -0.1) is 0 Å². The highest BCUT2D eigenvalue weighted by Crippen LogP contribution is 2.50. The molecule has 0 amide bonds. The average molecular weight is 299 g/mol. The first-order valence-electron chi connectivity index (χ1n) is 9.24. The molecule has 0 unspecified atom stereocenters. The summed E-state index contributed by atoms with van der Waals surface area (Å²) in [5.74, 6) is 2.40. The highest BCUT2D eigenvalue weighted by atomic mass is 16.3. The van der Waals surface area contributed by atoms with E-state index in [1.807, 2.05) is 24.3 Å². The highest BCUT2D eigenvalue weighted by molar-refractivity contribution is 5.72. The van der Waals surface area contributed by atoms with Gasteiger partial charge in [0.25, 0.3) is 0 Å². The van der Waals surface area contributed by atoms with Gasteiger partial charge in [-0.2, -0.15) is 0 Å². The van der Waals surface area contributed by atoms with Crippen molar-refractivity contribution in [3.63, 3.8) is 0 Å². The van der Waals surface area contributed by atoms with Gasteiger partial charge in [0, 0.05) is 5.92 Å². The quantitative estimate of drug-likeness (QED) is 0.470. The molecule has 0 radical (unpaired) electrons. The Bertz CT molecular complexity index is 541. The van der Waals surface area contributed by atoms with E-state index in [1.165, 1.54) is 64.2 Å². The van der Waals surface area contributed by atoms with E-state index in [0.717, 1.165) is 22.9 Å². The maximum Gasteiger partial charge on any atom is 0.198 e. The van der Waals surface area contributed by atoms with E-state index < -0.39 is 0 Å². The number of rotatable bonds is 10. The van der Waals surface area contributed by atoms with Crippen LogP contribution in [-0.4, -0.2) is 4.98 Å². The number of unbranched alkanes of at least 4 members (excludes halogenated alkanes) is 7. The second-order valence-corrected chi connectivity index (χ2v) is 6.89. The molecule has 0 N–H and O–H groups in total. The zero-order valence-electron chi connectivity index (χ0n) is 13.9. The van der Waals surface area contributed by atoms with Gasteiger partial charge in [-0.3, -0.25) is 0 Å². The van der Waals surface area contributed by atoms with E-state index in [-0.39, 0.29) is 0 Å². The van der Waals surface area contributed by atoms with Gasteiger partial charge in [0.2, 0.25) is 0 Å². The van der Waals surface area contributed by atoms with Gasteiger partial charge in [0.05, 0.1) is 0 Å². The van der Waals surface area contributed by atoms with E-state index >= 15 is 0 Å². The minimum absolute atomic E-state index is 0.594. The van der Waals surface area contributed by atoms with Crippen molar-refractivity contribution < 1.29 is 4.42 Å². The van der Waals surface area contributed by atoms with Gasteiger partial charge >= 0.3 is 0 Å². The first-order chi connectivity index (χ1) is 10.9. The molecule has 1 heterocycles. The molecule has 1 aliphatic carbocycles. The van der Waals surface area contributed by atoms with Crippen molar-refractivity contribution in [3.8, 4) is 0 Å². The highest BCUT2D eigenvalue weighted by Gasteiger charge is 2.41. The molecule has 1 aromatic carbocycles. The van der Waals surface area contributed by atoms with Gasteiger partial charge in [0.1, 0.15) is 5.52 Å². The largest absolute Gasteiger partial charge is 0.440 e. The summed E-state index contributed by atoms with van der Waals surface area (Å²) in [5, 5.41) is 0. The summed E-state index contributed by atoms with van der Waals surface area (Å²) in [6.07, 6.45) is 13.9. The molecule has 2 nitrogen and oxygen atoms in total. The lowest BCUT2D eigenvalue weighted by molar-refractivity contribution is 0.504. The molecular formula is C20H29NO. The molecule has 120 valence electrons. The Balaban J connectivity index is 1.31. The Hall–Kier alpha value is -1.31. The minimum Gasteiger partial charge on any atom is -0.440 e. The summed E-state index contributed by atoms with van der Waals surface area (Å²) in [6.45, 7) is 2.28. The molecule has 1 aromatic heterocycles. The maximum atomic E-state index is 5.89. The number of hydrogen-bond donors (Lipinski definition) is 0. The number of para-hydroxylation sites is 2. The van der Waals surface area contributed by atoms with Crippen molar-refractivity contribution in [3.05, 3.63) is 30.2 Å². The summed E-state index contributed by atoms with van der Waals surface area (Å²) in [7, 11) is 0. The predicted molar refractivity (Wildman–Crippen MR) is 92.1 cm³/mol. The third kappa shape index (κ3) is 4.12. The van der Waals surface area contributed by atoms with Crippen molar-refractivity contribution in [1.82, 2.24) is 4.98 Å². The predicted octanol–water partition coefficient (Wildman–Crippen LogP) is 6.46. The summed E-state index contributed by atoms with van der Waals surface area (Å²) >= 11 is 0. The Labute approximate surface area is 134 Å². The van der Waals surface area contributed by atoms with Crippen LogP contribution in [0, 0.1) is 5.92 Å². The lowest BCUT2D eigenvalue weighted by Gasteiger charge is -2.01. The van der Waals surface area contributed by atoms with Crippen LogP contribution in [0.15, 0.2) is 28.7 Å². The minimum atomic E-state index is 0.594. The van der Waals surface area contributed by atoms with Crippen LogP contribution < -0.4 is 0 Å². The molecular weight excluding hydrogens is 270 g/mol. The van der Waals surface area contributed by atoms with Crippen LogP contribution in [0.4, 0.5) is 0 Å². The molecule has 2 atom stereocenters. The number of benzene rings is 1. The lowest BCUT2D eigenvalue weighted by atomic mass is 10.1. The number of fused-ring (bicyclic) bond motifs is 1. The fraction of sp³-hybridized carbons (Fsp3) is 0.650. The van der Waals surface area contributed by atoms with Crippen LogP contribution in [0.5, 0.6) is 0 Å². The first kappa shape index (κ1) is 15.6. The first-order valence-corrected chi connectivity index (χ1v) is 9.24. The normalized spacial score (nSPS) is 20.6. The summed E-state index contributed by atoms with van der Waals surface area (Å²) in [4.78, 5) is 4.64. The Morgan fingerprint density at radius 2 is 1.73 bits per heavy atom. The van der Waals surface area contributed by atoms with E-state index in [4.69, 9.17) is 4.42 Å². The second kappa shape index (κ2) is 7.80. The van der Waals surface area contributed by atoms with Gasteiger partial charge in [-0.1, -0.05) is 70.4 Å². The topological polar surface area (TPSA) is 26.0 Å². The second-order valence-electron chi connectivity index (χ2n) is 6.89. The zero-order chi connectivity index (χ0) is 15.2. The summed E-state index contributed by atoms with van der Waals surface area (Å²) < 4.78 is 5.89. The van der Waals surface area contributed by atoms with Crippen molar-refractivity contribution in [1.29, 1.82) is 0 Å². The van der Waals surface area contributed by atoms with E-state index in [1.54, 1.807) is 0 Å². The number of oxazole rings is 1. The van der Waals surface area contributed by atoms with Crippen molar-refractivity contribution in [2.45, 2.75) is 77.0 Å². The third-order valence-corrected chi connectivity index (χ3v) is 4.98. The third-order valence-electron chi connectivity index (χ3n) is 4.98. The van der Waals surface area contributed by atoms with Crippen molar-refractivity contribution in [2.24, 2.45) is 5.92 Å². The zero-order valence-corrected chi connectivity index (χ0v) is 13.9. The van der Waals surface area contributed by atoms with E-state index in [2.05, 4.69) is 11.9 Å². The SMILES string of the molecule is CCCCCCCCCC[C@H]1C[C@@H]1c1nc2ccccc2o1. The molecule has 1 saturated carbocycles. The van der Waals surface area contributed by atoms with Crippen LogP contribution in [0.25, 0.3) is 11.1 Å². The molecule has 0 saturated heterocycles. The number of nitrogens with zero attached hydrogens (tertiary/aromatic N) is 1. The fourth-order valence-electron chi connectivity index (χ4n) is 3.46. The van der Waals surface area contributed by atoms with Gasteiger partial charge < -0.3 is 4.42 Å².